The third-order valence-electron chi connectivity index (χ3n) is 5.06. The molecule has 30 heavy (non-hydrogen) atoms. The second-order valence-electron chi connectivity index (χ2n) is 6.95. The molecular weight excluding hydrogens is 407 g/mol. The maximum absolute atomic E-state index is 6.21. The van der Waals surface area contributed by atoms with Crippen molar-refractivity contribution in [2.45, 2.75) is 31.3 Å². The molecule has 0 amide bonds. The smallest absolute Gasteiger partial charge is 0.397 e. The number of nitrogens with zero attached hydrogens (tertiary/aromatic N) is 4. The van der Waals surface area contributed by atoms with E-state index in [0.717, 1.165) is 11.3 Å². The summed E-state index contributed by atoms with van der Waals surface area (Å²) in [6, 6.07) is 7.71. The van der Waals surface area contributed by atoms with Crippen molar-refractivity contribution in [1.82, 2.24) is 19.5 Å². The number of aromatic nitrogens is 4. The standard InChI is InChI=1S/C19H19N6O4P/c1-2-19(25-11-22-15-16(20)23-18(21)24-17(15)25)8-7-13(28-19)10-27-30-26-9-12-5-3-4-6-14(12)29-30/h1,3-6,11,13H,7-10H2,(H4,20,21,23,24). The molecule has 0 saturated carbocycles. The Morgan fingerprint density at radius 2 is 2.20 bits per heavy atom. The number of hydrogen-bond acceptors (Lipinski definition) is 9. The lowest BCUT2D eigenvalue weighted by molar-refractivity contribution is -0.0662. The summed E-state index contributed by atoms with van der Waals surface area (Å²) in [5.41, 5.74) is 12.4. The van der Waals surface area contributed by atoms with Gasteiger partial charge in [0.05, 0.1) is 19.3 Å². The molecule has 2 aliphatic heterocycles. The van der Waals surface area contributed by atoms with Gasteiger partial charge in [-0.05, 0) is 18.4 Å². The monoisotopic (exact) mass is 426 g/mol. The molecule has 0 aliphatic carbocycles. The Kier molecular flexibility index (Phi) is 4.68. The van der Waals surface area contributed by atoms with E-state index in [-0.39, 0.29) is 24.5 Å². The molecule has 2 aromatic heterocycles. The summed E-state index contributed by atoms with van der Waals surface area (Å²) in [6.45, 7) is 0.731. The number of imidazole rings is 1. The minimum Gasteiger partial charge on any atom is -0.426 e. The highest BCUT2D eigenvalue weighted by atomic mass is 31.2. The maximum atomic E-state index is 6.21. The van der Waals surface area contributed by atoms with E-state index in [1.165, 1.54) is 0 Å². The highest BCUT2D eigenvalue weighted by Crippen LogP contribution is 2.48. The van der Waals surface area contributed by atoms with Crippen LogP contribution in [0.3, 0.4) is 0 Å². The third-order valence-corrected chi connectivity index (χ3v) is 6.10. The van der Waals surface area contributed by atoms with Crippen molar-refractivity contribution in [1.29, 1.82) is 0 Å². The van der Waals surface area contributed by atoms with Crippen LogP contribution in [-0.2, 0) is 26.1 Å². The van der Waals surface area contributed by atoms with Crippen molar-refractivity contribution in [3.05, 3.63) is 36.2 Å². The summed E-state index contributed by atoms with van der Waals surface area (Å²) in [6.07, 6.45) is 8.40. The number of para-hydroxylation sites is 1. The number of fused-ring (bicyclic) bond motifs is 2. The fourth-order valence-electron chi connectivity index (χ4n) is 3.57. The van der Waals surface area contributed by atoms with Gasteiger partial charge in [-0.25, -0.2) is 4.98 Å². The molecule has 1 fully saturated rings. The molecule has 11 heteroatoms. The molecule has 3 atom stereocenters. The van der Waals surface area contributed by atoms with Gasteiger partial charge < -0.3 is 20.7 Å². The van der Waals surface area contributed by atoms with E-state index in [1.54, 1.807) is 10.9 Å². The van der Waals surface area contributed by atoms with Gasteiger partial charge >= 0.3 is 8.60 Å². The van der Waals surface area contributed by atoms with Crippen molar-refractivity contribution in [2.75, 3.05) is 18.1 Å². The van der Waals surface area contributed by atoms with Gasteiger partial charge in [-0.3, -0.25) is 13.6 Å². The van der Waals surface area contributed by atoms with Crippen LogP contribution < -0.4 is 16.0 Å². The lowest BCUT2D eigenvalue weighted by Crippen LogP contribution is -2.32. The van der Waals surface area contributed by atoms with E-state index in [9.17, 15) is 0 Å². The number of terminal acetylenes is 1. The minimum absolute atomic E-state index is 0.0430. The third kappa shape index (κ3) is 3.22. The zero-order chi connectivity index (χ0) is 20.7. The summed E-state index contributed by atoms with van der Waals surface area (Å²) in [7, 11) is -1.50. The molecule has 1 saturated heterocycles. The van der Waals surface area contributed by atoms with Crippen LogP contribution in [0.25, 0.3) is 11.2 Å². The summed E-state index contributed by atoms with van der Waals surface area (Å²) in [5.74, 6) is 3.75. The first-order valence-corrected chi connectivity index (χ1v) is 10.4. The predicted octanol–water partition coefficient (Wildman–Crippen LogP) is 2.31. The van der Waals surface area contributed by atoms with Crippen LogP contribution in [0.15, 0.2) is 30.6 Å². The van der Waals surface area contributed by atoms with E-state index in [0.29, 0.717) is 30.6 Å². The minimum atomic E-state index is -1.50. The van der Waals surface area contributed by atoms with Crippen LogP contribution in [0, 0.1) is 12.3 Å². The Balaban J connectivity index is 1.29. The van der Waals surface area contributed by atoms with E-state index < -0.39 is 14.3 Å². The summed E-state index contributed by atoms with van der Waals surface area (Å²) in [4.78, 5) is 12.5. The molecule has 3 unspecified atom stereocenters. The number of nitrogen functional groups attached to an aromatic ring is 2. The van der Waals surface area contributed by atoms with Crippen LogP contribution in [0.5, 0.6) is 5.75 Å². The van der Waals surface area contributed by atoms with Gasteiger partial charge in [-0.15, -0.1) is 6.42 Å². The van der Waals surface area contributed by atoms with Gasteiger partial charge in [0, 0.05) is 12.0 Å². The number of anilines is 2. The first kappa shape index (κ1) is 19.0. The van der Waals surface area contributed by atoms with Gasteiger partial charge in [-0.1, -0.05) is 18.2 Å². The number of rotatable bonds is 4. The molecule has 154 valence electrons. The largest absolute Gasteiger partial charge is 0.426 e. The summed E-state index contributed by atoms with van der Waals surface area (Å²) < 4.78 is 25.2. The molecule has 2 aliphatic rings. The first-order chi connectivity index (χ1) is 14.6. The Bertz CT molecular complexity index is 1150. The quantitative estimate of drug-likeness (QED) is 0.476. The summed E-state index contributed by atoms with van der Waals surface area (Å²) in [5, 5.41) is 0. The molecule has 0 spiro atoms. The van der Waals surface area contributed by atoms with E-state index >= 15 is 0 Å². The molecule has 1 aromatic carbocycles. The highest BCUT2D eigenvalue weighted by molar-refractivity contribution is 7.42. The normalized spacial score (nSPS) is 25.6. The molecule has 0 radical (unpaired) electrons. The predicted molar refractivity (Wildman–Crippen MR) is 110 cm³/mol. The van der Waals surface area contributed by atoms with Crippen LogP contribution in [0.1, 0.15) is 18.4 Å². The fraction of sp³-hybridized carbons (Fsp3) is 0.316. The van der Waals surface area contributed by atoms with E-state index in [2.05, 4.69) is 20.9 Å². The average molecular weight is 426 g/mol. The maximum Gasteiger partial charge on any atom is 0.397 e. The van der Waals surface area contributed by atoms with Gasteiger partial charge in [-0.2, -0.15) is 9.97 Å². The molecule has 0 bridgehead atoms. The zero-order valence-electron chi connectivity index (χ0n) is 15.9. The second-order valence-corrected chi connectivity index (χ2v) is 8.10. The van der Waals surface area contributed by atoms with E-state index in [1.807, 2.05) is 24.3 Å². The molecule has 4 heterocycles. The van der Waals surface area contributed by atoms with Crippen molar-refractivity contribution >= 4 is 31.5 Å². The molecular formula is C19H19N6O4P. The number of benzene rings is 1. The van der Waals surface area contributed by atoms with Gasteiger partial charge in [0.15, 0.2) is 11.5 Å². The first-order valence-electron chi connectivity index (χ1n) is 9.32. The van der Waals surface area contributed by atoms with Crippen LogP contribution in [0.4, 0.5) is 11.8 Å². The SMILES string of the molecule is C#CC1(n2cnc3c(N)nc(N)nc32)CCC(COP2OCc3ccccc3O2)O1. The lowest BCUT2D eigenvalue weighted by Gasteiger charge is -2.27. The van der Waals surface area contributed by atoms with Crippen molar-refractivity contribution in [2.24, 2.45) is 0 Å². The van der Waals surface area contributed by atoms with E-state index in [4.69, 9.17) is 36.2 Å². The Morgan fingerprint density at radius 3 is 3.07 bits per heavy atom. The number of ether oxygens (including phenoxy) is 1. The fourth-order valence-corrected chi connectivity index (χ4v) is 4.62. The summed E-state index contributed by atoms with van der Waals surface area (Å²) >= 11 is 0. The van der Waals surface area contributed by atoms with Gasteiger partial charge in [0.2, 0.25) is 11.7 Å². The van der Waals surface area contributed by atoms with Gasteiger partial charge in [0.25, 0.3) is 0 Å². The van der Waals surface area contributed by atoms with Crippen LogP contribution in [0.2, 0.25) is 0 Å². The Hall–Kier alpha value is -2.96. The average Bonchev–Trinajstić information content (AvgIpc) is 3.37. The second kappa shape index (κ2) is 7.38. The molecule has 3 aromatic rings. The zero-order valence-corrected chi connectivity index (χ0v) is 16.8. The topological polar surface area (TPSA) is 133 Å². The van der Waals surface area contributed by atoms with Crippen molar-refractivity contribution < 1.29 is 18.3 Å². The molecule has 5 rings (SSSR count). The number of hydrogen-bond donors (Lipinski definition) is 2. The van der Waals surface area contributed by atoms with Crippen molar-refractivity contribution in [3.8, 4) is 18.1 Å². The number of nitrogens with two attached hydrogens (primary N) is 2. The lowest BCUT2D eigenvalue weighted by atomic mass is 10.1. The molecule has 4 N–H and O–H groups in total. The Labute approximate surface area is 173 Å². The Morgan fingerprint density at radius 1 is 1.33 bits per heavy atom. The highest BCUT2D eigenvalue weighted by Gasteiger charge is 2.42. The van der Waals surface area contributed by atoms with Crippen LogP contribution in [-0.4, -0.2) is 32.2 Å². The van der Waals surface area contributed by atoms with Gasteiger partial charge in [0.1, 0.15) is 17.6 Å². The van der Waals surface area contributed by atoms with Crippen molar-refractivity contribution in [3.63, 3.8) is 0 Å². The molecule has 10 nitrogen and oxygen atoms in total. The van der Waals surface area contributed by atoms with Crippen LogP contribution >= 0.6 is 8.60 Å².